The Bertz CT molecular complexity index is 726. The number of anilines is 1. The minimum Gasteiger partial charge on any atom is -0.292 e. The summed E-state index contributed by atoms with van der Waals surface area (Å²) in [6.45, 7) is 1.91. The molecule has 0 spiro atoms. The number of nitrogens with two attached hydrogens (primary N) is 1. The van der Waals surface area contributed by atoms with Gasteiger partial charge in [-0.1, -0.05) is 0 Å². The first-order valence-electron chi connectivity index (χ1n) is 5.79. The molecule has 0 bridgehead atoms. The van der Waals surface area contributed by atoms with Crippen LogP contribution in [0.2, 0.25) is 0 Å². The van der Waals surface area contributed by atoms with E-state index in [-0.39, 0.29) is 5.95 Å². The van der Waals surface area contributed by atoms with Gasteiger partial charge < -0.3 is 0 Å². The van der Waals surface area contributed by atoms with Crippen molar-refractivity contribution >= 4 is 17.7 Å². The van der Waals surface area contributed by atoms with E-state index < -0.39 is 0 Å². The number of rotatable bonds is 4. The van der Waals surface area contributed by atoms with Gasteiger partial charge in [0.2, 0.25) is 11.1 Å². The summed E-state index contributed by atoms with van der Waals surface area (Å²) in [6, 6.07) is 0. The highest BCUT2D eigenvalue weighted by molar-refractivity contribution is 7.99. The van der Waals surface area contributed by atoms with Crippen LogP contribution < -0.4 is 11.3 Å². The molecule has 3 aromatic heterocycles. The van der Waals surface area contributed by atoms with Gasteiger partial charge in [0, 0.05) is 12.4 Å². The van der Waals surface area contributed by atoms with Crippen molar-refractivity contribution in [3.63, 3.8) is 0 Å². The standard InChI is InChI=1S/C10H10N10S/c1-6-2-13-9(14-3-6)21-10-17-7(19-11)16-8(18-10)20-5-12-4-15-20/h2-5H,11H2,1H3,(H,16,17,18,19). The van der Waals surface area contributed by atoms with Crippen LogP contribution in [-0.2, 0) is 0 Å². The Hall–Kier alpha value is -2.66. The van der Waals surface area contributed by atoms with Crippen LogP contribution in [0.15, 0.2) is 35.4 Å². The quantitative estimate of drug-likeness (QED) is 0.385. The molecule has 0 radical (unpaired) electrons. The fraction of sp³-hybridized carbons (Fsp3) is 0.100. The summed E-state index contributed by atoms with van der Waals surface area (Å²) in [4.78, 5) is 24.7. The van der Waals surface area contributed by atoms with Crippen LogP contribution in [0.25, 0.3) is 5.95 Å². The molecule has 0 aliphatic carbocycles. The van der Waals surface area contributed by atoms with Gasteiger partial charge >= 0.3 is 0 Å². The van der Waals surface area contributed by atoms with E-state index in [2.05, 4.69) is 40.4 Å². The van der Waals surface area contributed by atoms with Crippen molar-refractivity contribution in [1.29, 1.82) is 0 Å². The number of nitrogens with one attached hydrogen (secondary N) is 1. The Balaban J connectivity index is 1.94. The summed E-state index contributed by atoms with van der Waals surface area (Å²) >= 11 is 1.20. The molecule has 0 aliphatic heterocycles. The number of hydrazine groups is 1. The molecule has 0 aromatic carbocycles. The minimum atomic E-state index is 0.213. The zero-order valence-corrected chi connectivity index (χ0v) is 11.7. The molecule has 3 aromatic rings. The number of aromatic nitrogens is 8. The first-order chi connectivity index (χ1) is 10.2. The molecular formula is C10H10N10S. The fourth-order valence-electron chi connectivity index (χ4n) is 1.39. The van der Waals surface area contributed by atoms with Crippen molar-refractivity contribution in [3.8, 4) is 5.95 Å². The number of nitrogen functional groups attached to an aromatic ring is 1. The first kappa shape index (κ1) is 13.3. The zero-order chi connectivity index (χ0) is 14.7. The normalized spacial score (nSPS) is 10.6. The van der Waals surface area contributed by atoms with Crippen molar-refractivity contribution < 1.29 is 0 Å². The molecular weight excluding hydrogens is 292 g/mol. The average Bonchev–Trinajstić information content (AvgIpc) is 3.04. The molecule has 0 saturated carbocycles. The number of aryl methyl sites for hydroxylation is 1. The molecule has 0 fully saturated rings. The van der Waals surface area contributed by atoms with Crippen molar-refractivity contribution in [1.82, 2.24) is 39.7 Å². The molecule has 0 unspecified atom stereocenters. The lowest BCUT2D eigenvalue weighted by molar-refractivity contribution is 0.758. The van der Waals surface area contributed by atoms with Crippen molar-refractivity contribution in [2.24, 2.45) is 5.84 Å². The first-order valence-corrected chi connectivity index (χ1v) is 6.60. The van der Waals surface area contributed by atoms with Gasteiger partial charge in [-0.05, 0) is 24.2 Å². The molecule has 3 N–H and O–H groups in total. The lowest BCUT2D eigenvalue weighted by atomic mass is 10.4. The minimum absolute atomic E-state index is 0.213. The molecule has 3 rings (SSSR count). The van der Waals surface area contributed by atoms with Gasteiger partial charge in [0.05, 0.1) is 0 Å². The Morgan fingerprint density at radius 3 is 2.62 bits per heavy atom. The maximum absolute atomic E-state index is 5.37. The summed E-state index contributed by atoms with van der Waals surface area (Å²) in [5.74, 6) is 5.88. The van der Waals surface area contributed by atoms with E-state index in [1.165, 1.54) is 29.1 Å². The Morgan fingerprint density at radius 2 is 1.95 bits per heavy atom. The molecule has 10 nitrogen and oxygen atoms in total. The van der Waals surface area contributed by atoms with Gasteiger partial charge in [-0.25, -0.2) is 20.8 Å². The van der Waals surface area contributed by atoms with Crippen LogP contribution in [0.5, 0.6) is 0 Å². The number of hydrogen-bond acceptors (Lipinski definition) is 10. The second kappa shape index (κ2) is 5.76. The molecule has 0 saturated heterocycles. The van der Waals surface area contributed by atoms with Gasteiger partial charge in [-0.2, -0.15) is 24.7 Å². The van der Waals surface area contributed by atoms with E-state index in [9.17, 15) is 0 Å². The van der Waals surface area contributed by atoms with Crippen LogP contribution in [0.4, 0.5) is 5.95 Å². The average molecular weight is 302 g/mol. The van der Waals surface area contributed by atoms with E-state index in [0.717, 1.165) is 5.56 Å². The van der Waals surface area contributed by atoms with Gasteiger partial charge in [0.15, 0.2) is 5.16 Å². The summed E-state index contributed by atoms with van der Waals surface area (Å²) in [5, 5.41) is 4.89. The van der Waals surface area contributed by atoms with Crippen LogP contribution in [-0.4, -0.2) is 39.7 Å². The highest BCUT2D eigenvalue weighted by Gasteiger charge is 2.10. The van der Waals surface area contributed by atoms with Gasteiger partial charge in [-0.15, -0.1) is 0 Å². The zero-order valence-electron chi connectivity index (χ0n) is 10.9. The Morgan fingerprint density at radius 1 is 1.14 bits per heavy atom. The lowest BCUT2D eigenvalue weighted by Crippen LogP contribution is -2.14. The maximum Gasteiger partial charge on any atom is 0.257 e. The van der Waals surface area contributed by atoms with Crippen molar-refractivity contribution in [2.75, 3.05) is 5.43 Å². The third kappa shape index (κ3) is 3.09. The van der Waals surface area contributed by atoms with Gasteiger partial charge in [-0.3, -0.25) is 5.43 Å². The van der Waals surface area contributed by atoms with Gasteiger partial charge in [0.1, 0.15) is 12.7 Å². The summed E-state index contributed by atoms with van der Waals surface area (Å²) in [6.07, 6.45) is 6.30. The highest BCUT2D eigenvalue weighted by atomic mass is 32.2. The highest BCUT2D eigenvalue weighted by Crippen LogP contribution is 2.21. The second-order valence-electron chi connectivity index (χ2n) is 3.87. The van der Waals surface area contributed by atoms with Crippen molar-refractivity contribution in [2.45, 2.75) is 17.2 Å². The molecule has 21 heavy (non-hydrogen) atoms. The predicted molar refractivity (Wildman–Crippen MR) is 73.4 cm³/mol. The van der Waals surface area contributed by atoms with E-state index >= 15 is 0 Å². The largest absolute Gasteiger partial charge is 0.292 e. The molecule has 11 heteroatoms. The molecule has 0 aliphatic rings. The SMILES string of the molecule is Cc1cnc(Sc2nc(NN)nc(-n3cncn3)n2)nc1. The summed E-state index contributed by atoms with van der Waals surface area (Å²) in [7, 11) is 0. The number of hydrogen-bond donors (Lipinski definition) is 2. The van der Waals surface area contributed by atoms with Crippen molar-refractivity contribution in [3.05, 3.63) is 30.6 Å². The predicted octanol–water partition coefficient (Wildman–Crippen LogP) is -0.0125. The van der Waals surface area contributed by atoms with Crippen LogP contribution in [0.3, 0.4) is 0 Å². The van der Waals surface area contributed by atoms with E-state index in [4.69, 9.17) is 5.84 Å². The summed E-state index contributed by atoms with van der Waals surface area (Å²) < 4.78 is 1.41. The number of nitrogens with zero attached hydrogens (tertiary/aromatic N) is 8. The van der Waals surface area contributed by atoms with E-state index in [0.29, 0.717) is 16.3 Å². The third-order valence-corrected chi connectivity index (χ3v) is 3.05. The van der Waals surface area contributed by atoms with E-state index in [1.807, 2.05) is 6.92 Å². The molecule has 0 atom stereocenters. The maximum atomic E-state index is 5.37. The molecule has 0 amide bonds. The molecule has 3 heterocycles. The second-order valence-corrected chi connectivity index (χ2v) is 4.81. The summed E-state index contributed by atoms with van der Waals surface area (Å²) in [5.41, 5.74) is 3.36. The van der Waals surface area contributed by atoms with E-state index in [1.54, 1.807) is 12.4 Å². The lowest BCUT2D eigenvalue weighted by Gasteiger charge is -2.05. The Labute approximate surface area is 123 Å². The van der Waals surface area contributed by atoms with Gasteiger partial charge in [0.25, 0.3) is 5.95 Å². The molecule has 106 valence electrons. The third-order valence-electron chi connectivity index (χ3n) is 2.30. The topological polar surface area (TPSA) is 133 Å². The monoisotopic (exact) mass is 302 g/mol. The van der Waals surface area contributed by atoms with Crippen LogP contribution in [0.1, 0.15) is 5.56 Å². The Kier molecular flexibility index (Phi) is 3.66. The smallest absolute Gasteiger partial charge is 0.257 e. The van der Waals surface area contributed by atoms with Crippen LogP contribution >= 0.6 is 11.8 Å². The van der Waals surface area contributed by atoms with Crippen LogP contribution in [0, 0.1) is 6.92 Å². The fourth-order valence-corrected chi connectivity index (χ4v) is 2.02.